The van der Waals surface area contributed by atoms with Crippen molar-refractivity contribution in [2.75, 3.05) is 0 Å². The average Bonchev–Trinajstić information content (AvgIpc) is 0.811. The number of hydrogen-bond donors (Lipinski definition) is 2. The van der Waals surface area contributed by atoms with Crippen LogP contribution in [-0.2, 0) is 0 Å². The monoisotopic (exact) mass is 501 g/mol. The Morgan fingerprint density at radius 2 is 1.25 bits per heavy atom. The maximum atomic E-state index is 8.56. The first-order chi connectivity index (χ1) is 1.73. The first kappa shape index (κ1) is 30.4. The quantitative estimate of drug-likeness (QED) is 0.463. The molecule has 7 heteroatoms. The summed E-state index contributed by atoms with van der Waals surface area (Å²) in [6, 6.07) is 0. The molecule has 0 amide bonds. The van der Waals surface area contributed by atoms with Gasteiger partial charge in [-0.25, -0.2) is 4.79 Å². The number of hydrogen-bond acceptors (Lipinski definition) is 1. The Bertz CT molecular complexity index is 39.0. The summed E-state index contributed by atoms with van der Waals surface area (Å²) in [5.41, 5.74) is 0. The molecule has 0 bridgehead atoms. The molecule has 0 unspecified atom stereocenters. The molecule has 0 saturated carbocycles. The van der Waals surface area contributed by atoms with Gasteiger partial charge in [0.15, 0.2) is 0 Å². The molecule has 0 aliphatic heterocycles. The number of rotatable bonds is 0. The van der Waals surface area contributed by atoms with E-state index >= 15 is 0 Å². The molecule has 0 aromatic carbocycles. The van der Waals surface area contributed by atoms with Crippen molar-refractivity contribution in [2.45, 2.75) is 0 Å². The number of carbonyl (C=O) groups is 1. The zero-order valence-corrected chi connectivity index (χ0v) is 13.9. The fourth-order valence-corrected chi connectivity index (χ4v) is 0. The van der Waals surface area contributed by atoms with Gasteiger partial charge in [-0.15, -0.1) is 0 Å². The zero-order valence-electron chi connectivity index (χ0n) is 3.88. The van der Waals surface area contributed by atoms with Crippen LogP contribution in [-0.4, -0.2) is 21.8 Å². The summed E-state index contributed by atoms with van der Waals surface area (Å²) in [5.74, 6) is 0. The van der Waals surface area contributed by atoms with E-state index in [-0.39, 0.29) is 124 Å². The second-order valence-electron chi connectivity index (χ2n) is 0.283. The van der Waals surface area contributed by atoms with Crippen LogP contribution < -0.4 is 0 Å². The van der Waals surface area contributed by atoms with Gasteiger partial charge in [-0.05, 0) is 0 Å². The van der Waals surface area contributed by atoms with Crippen molar-refractivity contribution >= 4 is 6.16 Å². The van der Waals surface area contributed by atoms with E-state index in [0.717, 1.165) is 0 Å². The Kier molecular flexibility index (Phi) is 85.3. The van der Waals surface area contributed by atoms with Crippen LogP contribution in [0, 0.1) is 118 Å². The van der Waals surface area contributed by atoms with Crippen molar-refractivity contribution in [2.24, 2.45) is 0 Å². The largest absolute Gasteiger partial charge is 0.503 e. The maximum absolute atomic E-state index is 8.56. The third kappa shape index (κ3) is 61.2. The van der Waals surface area contributed by atoms with Crippen molar-refractivity contribution in [3.05, 3.63) is 0 Å². The number of carboxylic acid groups (broad SMARTS) is 2. The Morgan fingerprint density at radius 1 is 1.25 bits per heavy atom. The van der Waals surface area contributed by atoms with E-state index in [1.54, 1.807) is 0 Å². The van der Waals surface area contributed by atoms with Crippen LogP contribution in [0.2, 0.25) is 0 Å². The average molecular weight is 503 g/mol. The van der Waals surface area contributed by atoms with E-state index in [1.165, 1.54) is 0 Å². The summed E-state index contributed by atoms with van der Waals surface area (Å²) in [6.45, 7) is 0. The summed E-state index contributed by atoms with van der Waals surface area (Å²) >= 11 is 0. The van der Waals surface area contributed by atoms with Crippen molar-refractivity contribution < 1.29 is 139 Å². The Balaban J connectivity index is -0.00000000750. The van der Waals surface area contributed by atoms with Crippen LogP contribution in [0.3, 0.4) is 0 Å². The summed E-state index contributed by atoms with van der Waals surface area (Å²) in [7, 11) is 0. The summed E-state index contributed by atoms with van der Waals surface area (Å²) < 4.78 is 0. The predicted molar refractivity (Wildman–Crippen MR) is 14.3 cm³/mol. The minimum atomic E-state index is -1.83. The Labute approximate surface area is 141 Å². The molecule has 4 nitrogen and oxygen atoms in total. The van der Waals surface area contributed by atoms with E-state index in [2.05, 4.69) is 0 Å². The van der Waals surface area contributed by atoms with Crippen LogP contribution in [0.1, 0.15) is 0 Å². The Hall–Kier alpha value is 3.15. The predicted octanol–water partition coefficient (Wildman–Crippen LogP) is -0.602. The second kappa shape index (κ2) is 22.5. The topological polar surface area (TPSA) is 89.0 Å². The second-order valence-corrected chi connectivity index (χ2v) is 0.283. The van der Waals surface area contributed by atoms with Crippen molar-refractivity contribution in [3.63, 3.8) is 0 Å². The molecule has 0 spiro atoms. The molecule has 0 aromatic rings. The van der Waals surface area contributed by atoms with Gasteiger partial charge in [-0.2, -0.15) is 0 Å². The SMILES string of the molecule is O.O=C(O)O.[Ce].[La].[Nd]. The molecule has 0 saturated heterocycles. The van der Waals surface area contributed by atoms with E-state index in [9.17, 15) is 0 Å². The molecular weight excluding hydrogens is 499 g/mol. The van der Waals surface area contributed by atoms with Crippen LogP contribution in [0.15, 0.2) is 0 Å². The molecule has 4 N–H and O–H groups in total. The van der Waals surface area contributed by atoms with Crippen molar-refractivity contribution in [3.8, 4) is 0 Å². The summed E-state index contributed by atoms with van der Waals surface area (Å²) in [6.07, 6.45) is -1.83. The smallest absolute Gasteiger partial charge is 0.450 e. The molecule has 0 rings (SSSR count). The normalized spacial score (nSPS) is 3.00. The molecule has 8 heavy (non-hydrogen) atoms. The maximum Gasteiger partial charge on any atom is 0.503 e. The van der Waals surface area contributed by atoms with Crippen LogP contribution in [0.5, 0.6) is 0 Å². The zero-order chi connectivity index (χ0) is 3.58. The summed E-state index contributed by atoms with van der Waals surface area (Å²) in [5, 5.41) is 13.9. The molecule has 0 fully saturated rings. The standard InChI is InChI=1S/CH2O3.Ce.La.Nd.H2O/c2-1(3)4;;;;/h(H2,2,3,4);;;;1H2. The van der Waals surface area contributed by atoms with Crippen LogP contribution in [0.25, 0.3) is 0 Å². The van der Waals surface area contributed by atoms with Gasteiger partial charge in [0, 0.05) is 118 Å². The van der Waals surface area contributed by atoms with Crippen LogP contribution >= 0.6 is 0 Å². The van der Waals surface area contributed by atoms with Crippen LogP contribution in [0.4, 0.5) is 4.79 Å². The molecule has 43 valence electrons. The van der Waals surface area contributed by atoms with Gasteiger partial charge in [0.25, 0.3) is 0 Å². The van der Waals surface area contributed by atoms with E-state index < -0.39 is 6.16 Å². The van der Waals surface area contributed by atoms with Gasteiger partial charge in [0.1, 0.15) is 0 Å². The molecule has 0 aliphatic rings. The van der Waals surface area contributed by atoms with Crippen molar-refractivity contribution in [1.29, 1.82) is 0 Å². The molecular formula is CH4CeLaNdO4. The van der Waals surface area contributed by atoms with Gasteiger partial charge in [0.2, 0.25) is 0 Å². The molecule has 0 aromatic heterocycles. The fourth-order valence-electron chi connectivity index (χ4n) is 0. The van der Waals surface area contributed by atoms with Gasteiger partial charge in [0.05, 0.1) is 0 Å². The van der Waals surface area contributed by atoms with Gasteiger partial charge >= 0.3 is 6.16 Å². The van der Waals surface area contributed by atoms with Gasteiger partial charge < -0.3 is 15.7 Å². The molecule has 0 atom stereocenters. The summed E-state index contributed by atoms with van der Waals surface area (Å²) in [4.78, 5) is 8.56. The van der Waals surface area contributed by atoms with E-state index in [4.69, 9.17) is 15.0 Å². The first-order valence-electron chi connectivity index (χ1n) is 0.651. The van der Waals surface area contributed by atoms with E-state index in [1.807, 2.05) is 0 Å². The fraction of sp³-hybridized carbons (Fsp3) is 0. The van der Waals surface area contributed by atoms with Gasteiger partial charge in [-0.1, -0.05) is 0 Å². The van der Waals surface area contributed by atoms with E-state index in [0.29, 0.717) is 0 Å². The van der Waals surface area contributed by atoms with Crippen molar-refractivity contribution in [1.82, 2.24) is 0 Å². The third-order valence-electron chi connectivity index (χ3n) is 0. The third-order valence-corrected chi connectivity index (χ3v) is 0. The Morgan fingerprint density at radius 3 is 1.25 bits per heavy atom. The molecule has 0 heterocycles. The minimum Gasteiger partial charge on any atom is -0.450 e. The minimum absolute atomic E-state index is 0. The van der Waals surface area contributed by atoms with Gasteiger partial charge in [-0.3, -0.25) is 0 Å². The molecule has 0 aliphatic carbocycles. The molecule has 1 radical (unpaired) electrons. The first-order valence-corrected chi connectivity index (χ1v) is 0.651.